The molecule has 0 aliphatic heterocycles. The van der Waals surface area contributed by atoms with Crippen molar-refractivity contribution in [2.45, 2.75) is 12.8 Å². The van der Waals surface area contributed by atoms with E-state index in [2.05, 4.69) is 20.4 Å². The summed E-state index contributed by atoms with van der Waals surface area (Å²) in [6, 6.07) is 7.35. The number of hydrogen-bond donors (Lipinski definition) is 1. The molecule has 2 aromatic heterocycles. The molecule has 0 saturated carbocycles. The molecule has 1 N–H and O–H groups in total. The molecule has 0 aliphatic carbocycles. The predicted molar refractivity (Wildman–Crippen MR) is 85.4 cm³/mol. The van der Waals surface area contributed by atoms with Gasteiger partial charge in [0.05, 0.1) is 7.11 Å². The number of aryl methyl sites for hydroxylation is 1. The lowest BCUT2D eigenvalue weighted by Gasteiger charge is -1.99. The van der Waals surface area contributed by atoms with E-state index in [0.717, 1.165) is 11.3 Å². The molecular formula is C15H14N4O3S. The molecule has 7 nitrogen and oxygen atoms in total. The van der Waals surface area contributed by atoms with Gasteiger partial charge in [-0.05, 0) is 24.3 Å². The molecule has 118 valence electrons. The van der Waals surface area contributed by atoms with Crippen LogP contribution in [0.1, 0.15) is 12.3 Å². The number of carbonyl (C=O) groups is 1. The van der Waals surface area contributed by atoms with E-state index in [1.165, 1.54) is 11.3 Å². The smallest absolute Gasteiger partial charge is 0.227 e. The number of aromatic nitrogens is 3. The van der Waals surface area contributed by atoms with Crippen molar-refractivity contribution < 1.29 is 14.1 Å². The topological polar surface area (TPSA) is 90.1 Å². The molecule has 0 spiro atoms. The molecule has 23 heavy (non-hydrogen) atoms. The first kappa shape index (κ1) is 15.2. The molecule has 8 heteroatoms. The molecule has 1 aromatic carbocycles. The Kier molecular flexibility index (Phi) is 4.62. The average Bonchev–Trinajstić information content (AvgIpc) is 3.25. The van der Waals surface area contributed by atoms with Gasteiger partial charge in [0.1, 0.15) is 5.75 Å². The Balaban J connectivity index is 1.57. The van der Waals surface area contributed by atoms with E-state index >= 15 is 0 Å². The van der Waals surface area contributed by atoms with Gasteiger partial charge in [-0.1, -0.05) is 5.16 Å². The second kappa shape index (κ2) is 7.01. The van der Waals surface area contributed by atoms with Crippen molar-refractivity contribution in [3.63, 3.8) is 0 Å². The van der Waals surface area contributed by atoms with E-state index in [0.29, 0.717) is 23.3 Å². The first-order valence-corrected chi connectivity index (χ1v) is 7.79. The molecule has 1 amide bonds. The molecule has 0 fully saturated rings. The van der Waals surface area contributed by atoms with Gasteiger partial charge in [-0.25, -0.2) is 4.98 Å². The lowest BCUT2D eigenvalue weighted by Crippen LogP contribution is -2.12. The standard InChI is InChI=1S/C15H14N4O3S/c1-21-11-4-2-10(3-5-11)14-18-13(22-19-14)7-6-12(20)17-15-16-8-9-23-15/h2-5,8-9H,6-7H2,1H3,(H,16,17,20). The number of carbonyl (C=O) groups excluding carboxylic acids is 1. The first-order valence-electron chi connectivity index (χ1n) is 6.91. The Morgan fingerprint density at radius 2 is 2.17 bits per heavy atom. The van der Waals surface area contributed by atoms with E-state index in [-0.39, 0.29) is 12.3 Å². The fourth-order valence-electron chi connectivity index (χ4n) is 1.90. The summed E-state index contributed by atoms with van der Waals surface area (Å²) in [5.41, 5.74) is 0.827. The quantitative estimate of drug-likeness (QED) is 0.747. The lowest BCUT2D eigenvalue weighted by molar-refractivity contribution is -0.116. The molecule has 0 radical (unpaired) electrons. The van der Waals surface area contributed by atoms with Gasteiger partial charge < -0.3 is 14.6 Å². The summed E-state index contributed by atoms with van der Waals surface area (Å²) in [6.45, 7) is 0. The van der Waals surface area contributed by atoms with Gasteiger partial charge in [0.2, 0.25) is 17.6 Å². The zero-order valence-electron chi connectivity index (χ0n) is 12.4. The van der Waals surface area contributed by atoms with Crippen molar-refractivity contribution in [2.24, 2.45) is 0 Å². The summed E-state index contributed by atoms with van der Waals surface area (Å²) in [7, 11) is 1.61. The van der Waals surface area contributed by atoms with Crippen LogP contribution >= 0.6 is 11.3 Å². The molecule has 0 atom stereocenters. The number of methoxy groups -OCH3 is 1. The zero-order valence-corrected chi connectivity index (χ0v) is 13.2. The van der Waals surface area contributed by atoms with E-state index in [4.69, 9.17) is 9.26 Å². The monoisotopic (exact) mass is 330 g/mol. The van der Waals surface area contributed by atoms with Crippen molar-refractivity contribution in [2.75, 3.05) is 12.4 Å². The average molecular weight is 330 g/mol. The number of nitrogens with one attached hydrogen (secondary N) is 1. The Morgan fingerprint density at radius 3 is 2.87 bits per heavy atom. The molecule has 2 heterocycles. The molecule has 0 bridgehead atoms. The van der Waals surface area contributed by atoms with Crippen LogP contribution in [0.15, 0.2) is 40.4 Å². The number of thiazole rings is 1. The van der Waals surface area contributed by atoms with E-state index in [1.807, 2.05) is 24.3 Å². The molecule has 3 rings (SSSR count). The number of hydrogen-bond acceptors (Lipinski definition) is 7. The summed E-state index contributed by atoms with van der Waals surface area (Å²) < 4.78 is 10.3. The zero-order chi connectivity index (χ0) is 16.1. The number of nitrogens with zero attached hydrogens (tertiary/aromatic N) is 3. The summed E-state index contributed by atoms with van der Waals surface area (Å²) in [6.07, 6.45) is 2.27. The Hall–Kier alpha value is -2.74. The van der Waals surface area contributed by atoms with E-state index in [9.17, 15) is 4.79 Å². The number of amides is 1. The van der Waals surface area contributed by atoms with Gasteiger partial charge in [-0.15, -0.1) is 11.3 Å². The third-order valence-electron chi connectivity index (χ3n) is 3.06. The van der Waals surface area contributed by atoms with Crippen LogP contribution < -0.4 is 10.1 Å². The SMILES string of the molecule is COc1ccc(-c2noc(CCC(=O)Nc3nccs3)n2)cc1. The molecule has 0 saturated heterocycles. The van der Waals surface area contributed by atoms with Crippen LogP contribution in [0.5, 0.6) is 5.75 Å². The van der Waals surface area contributed by atoms with Gasteiger partial charge in [0, 0.05) is 30.0 Å². The highest BCUT2D eigenvalue weighted by Gasteiger charge is 2.11. The fourth-order valence-corrected chi connectivity index (χ4v) is 2.45. The molecular weight excluding hydrogens is 316 g/mol. The van der Waals surface area contributed by atoms with Crippen LogP contribution in [0.2, 0.25) is 0 Å². The van der Waals surface area contributed by atoms with E-state index < -0.39 is 0 Å². The third-order valence-corrected chi connectivity index (χ3v) is 3.75. The second-order valence-electron chi connectivity index (χ2n) is 4.63. The van der Waals surface area contributed by atoms with Gasteiger partial charge in [-0.2, -0.15) is 4.98 Å². The van der Waals surface area contributed by atoms with Crippen molar-refractivity contribution in [1.82, 2.24) is 15.1 Å². The van der Waals surface area contributed by atoms with Crippen LogP contribution in [-0.2, 0) is 11.2 Å². The minimum atomic E-state index is -0.135. The second-order valence-corrected chi connectivity index (χ2v) is 5.52. The Morgan fingerprint density at radius 1 is 1.35 bits per heavy atom. The summed E-state index contributed by atoms with van der Waals surface area (Å²) in [5.74, 6) is 1.54. The summed E-state index contributed by atoms with van der Waals surface area (Å²) >= 11 is 1.37. The normalized spacial score (nSPS) is 10.5. The van der Waals surface area contributed by atoms with Gasteiger partial charge in [-0.3, -0.25) is 4.79 Å². The van der Waals surface area contributed by atoms with Crippen LogP contribution in [0, 0.1) is 0 Å². The third kappa shape index (κ3) is 3.92. The number of rotatable bonds is 6. The maximum absolute atomic E-state index is 11.8. The summed E-state index contributed by atoms with van der Waals surface area (Å²) in [5, 5.41) is 9.02. The van der Waals surface area contributed by atoms with Gasteiger partial charge in [0.25, 0.3) is 0 Å². The number of ether oxygens (including phenoxy) is 1. The maximum Gasteiger partial charge on any atom is 0.227 e. The molecule has 0 aliphatic rings. The fraction of sp³-hybridized carbons (Fsp3) is 0.200. The molecule has 0 unspecified atom stereocenters. The minimum absolute atomic E-state index is 0.135. The first-order chi connectivity index (χ1) is 11.2. The largest absolute Gasteiger partial charge is 0.497 e. The van der Waals surface area contributed by atoms with Crippen molar-refractivity contribution in [3.05, 3.63) is 41.7 Å². The van der Waals surface area contributed by atoms with Crippen LogP contribution in [0.3, 0.4) is 0 Å². The highest BCUT2D eigenvalue weighted by atomic mass is 32.1. The van der Waals surface area contributed by atoms with Crippen LogP contribution in [0.4, 0.5) is 5.13 Å². The highest BCUT2D eigenvalue weighted by Crippen LogP contribution is 2.20. The number of anilines is 1. The van der Waals surface area contributed by atoms with Crippen molar-refractivity contribution in [3.8, 4) is 17.1 Å². The van der Waals surface area contributed by atoms with E-state index in [1.54, 1.807) is 18.7 Å². The lowest BCUT2D eigenvalue weighted by atomic mass is 10.2. The van der Waals surface area contributed by atoms with Crippen molar-refractivity contribution in [1.29, 1.82) is 0 Å². The van der Waals surface area contributed by atoms with Gasteiger partial charge in [0.15, 0.2) is 5.13 Å². The Labute approximate surface area is 136 Å². The van der Waals surface area contributed by atoms with Crippen LogP contribution in [-0.4, -0.2) is 28.1 Å². The molecule has 3 aromatic rings. The summed E-state index contributed by atoms with van der Waals surface area (Å²) in [4.78, 5) is 20.1. The predicted octanol–water partition coefficient (Wildman–Crippen LogP) is 2.77. The van der Waals surface area contributed by atoms with Gasteiger partial charge >= 0.3 is 0 Å². The van der Waals surface area contributed by atoms with Crippen LogP contribution in [0.25, 0.3) is 11.4 Å². The number of benzene rings is 1. The van der Waals surface area contributed by atoms with Crippen molar-refractivity contribution >= 4 is 22.4 Å². The minimum Gasteiger partial charge on any atom is -0.497 e. The highest BCUT2D eigenvalue weighted by molar-refractivity contribution is 7.13. The Bertz CT molecular complexity index is 768. The maximum atomic E-state index is 11.8.